The minimum Gasteiger partial charge on any atom is -0.373 e. The van der Waals surface area contributed by atoms with Gasteiger partial charge in [0.15, 0.2) is 0 Å². The van der Waals surface area contributed by atoms with Crippen molar-refractivity contribution in [1.29, 1.82) is 0 Å². The molecule has 1 aromatic heterocycles. The first-order valence-electron chi connectivity index (χ1n) is 7.22. The molecule has 3 unspecified atom stereocenters. The molecule has 0 saturated heterocycles. The summed E-state index contributed by atoms with van der Waals surface area (Å²) in [6, 6.07) is 2.49. The second kappa shape index (κ2) is 4.09. The van der Waals surface area contributed by atoms with Gasteiger partial charge in [-0.1, -0.05) is 20.8 Å². The third-order valence-corrected chi connectivity index (χ3v) is 5.49. The van der Waals surface area contributed by atoms with Crippen LogP contribution < -0.4 is 10.6 Å². The molecule has 104 valence electrons. The Labute approximate surface area is 115 Å². The Morgan fingerprint density at radius 3 is 2.58 bits per heavy atom. The van der Waals surface area contributed by atoms with Crippen molar-refractivity contribution >= 4 is 11.6 Å². The summed E-state index contributed by atoms with van der Waals surface area (Å²) in [5, 5.41) is 6.75. The maximum Gasteiger partial charge on any atom is 0.131 e. The van der Waals surface area contributed by atoms with Crippen LogP contribution in [0.25, 0.3) is 0 Å². The molecule has 0 aromatic carbocycles. The molecular weight excluding hydrogens is 236 g/mol. The molecular formula is C15H24N4. The number of nitrogens with zero attached hydrogens (tertiary/aromatic N) is 2. The van der Waals surface area contributed by atoms with E-state index in [1.165, 1.54) is 19.3 Å². The van der Waals surface area contributed by atoms with Gasteiger partial charge in [-0.05, 0) is 36.0 Å². The number of aromatic nitrogens is 2. The van der Waals surface area contributed by atoms with Crippen molar-refractivity contribution in [3.8, 4) is 0 Å². The average Bonchev–Trinajstić information content (AvgIpc) is 2.86. The highest BCUT2D eigenvalue weighted by atomic mass is 15.1. The zero-order valence-corrected chi connectivity index (χ0v) is 12.3. The fraction of sp³-hybridized carbons (Fsp3) is 0.733. The highest BCUT2D eigenvalue weighted by molar-refractivity contribution is 5.47. The van der Waals surface area contributed by atoms with E-state index in [1.54, 1.807) is 6.33 Å². The van der Waals surface area contributed by atoms with Gasteiger partial charge in [-0.3, -0.25) is 0 Å². The Kier molecular flexibility index (Phi) is 2.73. The zero-order chi connectivity index (χ0) is 13.7. The van der Waals surface area contributed by atoms with Crippen molar-refractivity contribution in [3.63, 3.8) is 0 Å². The first-order valence-corrected chi connectivity index (χ1v) is 7.22. The molecule has 4 nitrogen and oxygen atoms in total. The molecule has 3 atom stereocenters. The van der Waals surface area contributed by atoms with Crippen molar-refractivity contribution in [2.45, 2.75) is 46.1 Å². The second-order valence-corrected chi connectivity index (χ2v) is 7.03. The van der Waals surface area contributed by atoms with Crippen LogP contribution in [0.5, 0.6) is 0 Å². The van der Waals surface area contributed by atoms with E-state index in [4.69, 9.17) is 0 Å². The lowest BCUT2D eigenvalue weighted by molar-refractivity contribution is 0.155. The molecule has 0 spiro atoms. The van der Waals surface area contributed by atoms with E-state index in [9.17, 15) is 0 Å². The fourth-order valence-electron chi connectivity index (χ4n) is 4.38. The summed E-state index contributed by atoms with van der Waals surface area (Å²) in [6.07, 6.45) is 5.69. The molecule has 2 fully saturated rings. The van der Waals surface area contributed by atoms with Crippen LogP contribution in [0.4, 0.5) is 11.6 Å². The third kappa shape index (κ3) is 1.88. The average molecular weight is 260 g/mol. The van der Waals surface area contributed by atoms with Crippen LogP contribution >= 0.6 is 0 Å². The monoisotopic (exact) mass is 260 g/mol. The van der Waals surface area contributed by atoms with Crippen LogP contribution in [-0.2, 0) is 0 Å². The van der Waals surface area contributed by atoms with E-state index < -0.39 is 0 Å². The van der Waals surface area contributed by atoms with Gasteiger partial charge in [0.1, 0.15) is 18.0 Å². The van der Waals surface area contributed by atoms with Crippen LogP contribution in [-0.4, -0.2) is 23.1 Å². The first kappa shape index (κ1) is 12.7. The van der Waals surface area contributed by atoms with Crippen molar-refractivity contribution < 1.29 is 0 Å². The van der Waals surface area contributed by atoms with Gasteiger partial charge >= 0.3 is 0 Å². The van der Waals surface area contributed by atoms with Crippen molar-refractivity contribution in [3.05, 3.63) is 12.4 Å². The fourth-order valence-corrected chi connectivity index (χ4v) is 4.38. The van der Waals surface area contributed by atoms with Crippen LogP contribution in [0.1, 0.15) is 40.0 Å². The molecule has 2 aliphatic carbocycles. The summed E-state index contributed by atoms with van der Waals surface area (Å²) >= 11 is 0. The van der Waals surface area contributed by atoms with Gasteiger partial charge in [-0.2, -0.15) is 0 Å². The lowest BCUT2D eigenvalue weighted by atomic mass is 9.68. The predicted molar refractivity (Wildman–Crippen MR) is 78.2 cm³/mol. The minimum atomic E-state index is 0.345. The Bertz CT molecular complexity index is 480. The lowest BCUT2D eigenvalue weighted by Crippen LogP contribution is -2.45. The Balaban J connectivity index is 1.86. The summed E-state index contributed by atoms with van der Waals surface area (Å²) in [4.78, 5) is 8.54. The molecule has 2 aliphatic rings. The smallest absolute Gasteiger partial charge is 0.131 e. The molecule has 0 aliphatic heterocycles. The maximum absolute atomic E-state index is 4.37. The van der Waals surface area contributed by atoms with E-state index in [0.29, 0.717) is 16.9 Å². The van der Waals surface area contributed by atoms with Crippen LogP contribution in [0.2, 0.25) is 0 Å². The van der Waals surface area contributed by atoms with Crippen LogP contribution in [0.15, 0.2) is 12.4 Å². The van der Waals surface area contributed by atoms with Crippen molar-refractivity contribution in [2.24, 2.45) is 16.7 Å². The standard InChI is InChI=1S/C15H24N4/c1-14(2)10-5-6-15(3,8-10)13(14)19-12-7-11(16-4)17-9-18-12/h7,9-10,13H,5-6,8H2,1-4H3,(H2,16,17,18,19). The summed E-state index contributed by atoms with van der Waals surface area (Å²) in [6.45, 7) is 7.24. The van der Waals surface area contributed by atoms with E-state index in [0.717, 1.165) is 17.6 Å². The Morgan fingerprint density at radius 1 is 1.21 bits per heavy atom. The normalized spacial score (nSPS) is 35.4. The topological polar surface area (TPSA) is 49.8 Å². The predicted octanol–water partition coefficient (Wildman–Crippen LogP) is 3.15. The molecule has 2 N–H and O–H groups in total. The molecule has 4 heteroatoms. The highest BCUT2D eigenvalue weighted by Gasteiger charge is 2.59. The number of rotatable bonds is 3. The van der Waals surface area contributed by atoms with E-state index in [1.807, 2.05) is 13.1 Å². The summed E-state index contributed by atoms with van der Waals surface area (Å²) in [7, 11) is 1.88. The molecule has 1 heterocycles. The Morgan fingerprint density at radius 2 is 1.95 bits per heavy atom. The summed E-state index contributed by atoms with van der Waals surface area (Å²) in [5.41, 5.74) is 0.761. The number of hydrogen-bond acceptors (Lipinski definition) is 4. The van der Waals surface area contributed by atoms with Crippen LogP contribution in [0, 0.1) is 16.7 Å². The molecule has 1 aromatic rings. The van der Waals surface area contributed by atoms with Crippen LogP contribution in [0.3, 0.4) is 0 Å². The minimum absolute atomic E-state index is 0.345. The molecule has 0 amide bonds. The van der Waals surface area contributed by atoms with Crippen molar-refractivity contribution in [1.82, 2.24) is 9.97 Å². The van der Waals surface area contributed by atoms with Gasteiger partial charge < -0.3 is 10.6 Å². The summed E-state index contributed by atoms with van der Waals surface area (Å²) < 4.78 is 0. The molecule has 2 bridgehead atoms. The largest absolute Gasteiger partial charge is 0.373 e. The molecule has 0 radical (unpaired) electrons. The van der Waals surface area contributed by atoms with Crippen molar-refractivity contribution in [2.75, 3.05) is 17.7 Å². The summed E-state index contributed by atoms with van der Waals surface area (Å²) in [5.74, 6) is 2.65. The number of anilines is 2. The van der Waals surface area contributed by atoms with Gasteiger partial charge in [0, 0.05) is 19.2 Å². The molecule has 3 rings (SSSR count). The number of nitrogens with one attached hydrogen (secondary N) is 2. The zero-order valence-electron chi connectivity index (χ0n) is 12.3. The van der Waals surface area contributed by atoms with E-state index in [2.05, 4.69) is 41.4 Å². The highest BCUT2D eigenvalue weighted by Crippen LogP contribution is 2.63. The SMILES string of the molecule is CNc1cc(NC2C3(C)CCC(C3)C2(C)C)ncn1. The Hall–Kier alpha value is -1.32. The number of hydrogen-bond donors (Lipinski definition) is 2. The van der Waals surface area contributed by atoms with E-state index >= 15 is 0 Å². The van der Waals surface area contributed by atoms with E-state index in [-0.39, 0.29) is 0 Å². The molecule has 19 heavy (non-hydrogen) atoms. The first-order chi connectivity index (χ1) is 8.95. The third-order valence-electron chi connectivity index (χ3n) is 5.49. The quantitative estimate of drug-likeness (QED) is 0.876. The maximum atomic E-state index is 4.37. The van der Waals surface area contributed by atoms with Gasteiger partial charge in [-0.25, -0.2) is 9.97 Å². The molecule has 2 saturated carbocycles. The lowest BCUT2D eigenvalue weighted by Gasteiger charge is -2.43. The van der Waals surface area contributed by atoms with Gasteiger partial charge in [0.05, 0.1) is 0 Å². The number of fused-ring (bicyclic) bond motifs is 2. The van der Waals surface area contributed by atoms with Gasteiger partial charge in [0.25, 0.3) is 0 Å². The van der Waals surface area contributed by atoms with Gasteiger partial charge in [0.2, 0.25) is 0 Å². The second-order valence-electron chi connectivity index (χ2n) is 7.03. The van der Waals surface area contributed by atoms with Gasteiger partial charge in [-0.15, -0.1) is 0 Å².